The second kappa shape index (κ2) is 13.7. The van der Waals surface area contributed by atoms with Crippen LogP contribution in [0.2, 0.25) is 14.9 Å². The van der Waals surface area contributed by atoms with E-state index in [2.05, 4.69) is 20.8 Å². The Morgan fingerprint density at radius 3 is 1.06 bits per heavy atom. The third-order valence-electron chi connectivity index (χ3n) is 3.65. The maximum absolute atomic E-state index is 2.33. The van der Waals surface area contributed by atoms with Crippen molar-refractivity contribution in [2.75, 3.05) is 0 Å². The second-order valence-corrected chi connectivity index (χ2v) is 12.6. The molecule has 0 atom stereocenters. The van der Waals surface area contributed by atoms with Gasteiger partial charge in [-0.25, -0.2) is 0 Å². The zero-order valence-electron chi connectivity index (χ0n) is 12.1. The first-order chi connectivity index (χ1) is 7.85. The molecule has 0 amide bonds. The summed E-state index contributed by atoms with van der Waals surface area (Å²) < 4.78 is 0. The summed E-state index contributed by atoms with van der Waals surface area (Å²) in [6, 6.07) is 0. The van der Waals surface area contributed by atoms with Gasteiger partial charge in [-0.15, -0.1) is 0 Å². The molecule has 0 bridgehead atoms. The van der Waals surface area contributed by atoms with Gasteiger partial charge < -0.3 is 0 Å². The molecule has 0 N–H and O–H groups in total. The van der Waals surface area contributed by atoms with Gasteiger partial charge in [0.15, 0.2) is 0 Å². The SMILES string of the molecule is CCCC[CH2][Ga]([CH2]CCCC)[CH2]CCCC. The predicted octanol–water partition coefficient (Wildman–Crippen LogP) is 6.05. The van der Waals surface area contributed by atoms with Crippen LogP contribution >= 0.6 is 0 Å². The first-order valence-electron chi connectivity index (χ1n) is 7.85. The van der Waals surface area contributed by atoms with Gasteiger partial charge >= 0.3 is 110 Å². The Balaban J connectivity index is 3.58. The normalized spacial score (nSPS) is 10.7. The zero-order valence-corrected chi connectivity index (χ0v) is 14.5. The average molecular weight is 283 g/mol. The van der Waals surface area contributed by atoms with Crippen molar-refractivity contribution in [2.24, 2.45) is 0 Å². The van der Waals surface area contributed by atoms with E-state index in [4.69, 9.17) is 0 Å². The van der Waals surface area contributed by atoms with Crippen LogP contribution < -0.4 is 0 Å². The van der Waals surface area contributed by atoms with E-state index in [1.165, 1.54) is 38.5 Å². The van der Waals surface area contributed by atoms with Gasteiger partial charge in [0.2, 0.25) is 0 Å². The van der Waals surface area contributed by atoms with Crippen molar-refractivity contribution >= 4 is 16.2 Å². The van der Waals surface area contributed by atoms with Crippen molar-refractivity contribution in [1.82, 2.24) is 0 Å². The fourth-order valence-corrected chi connectivity index (χ4v) is 9.75. The van der Waals surface area contributed by atoms with Gasteiger partial charge in [0.25, 0.3) is 0 Å². The van der Waals surface area contributed by atoms with Gasteiger partial charge in [-0.3, -0.25) is 0 Å². The van der Waals surface area contributed by atoms with Crippen LogP contribution in [0.5, 0.6) is 0 Å². The van der Waals surface area contributed by atoms with E-state index in [1.807, 2.05) is 0 Å². The monoisotopic (exact) mass is 282 g/mol. The summed E-state index contributed by atoms with van der Waals surface area (Å²) >= 11 is -0.810. The molecule has 0 aliphatic carbocycles. The molecule has 0 aliphatic rings. The van der Waals surface area contributed by atoms with Crippen LogP contribution in [-0.2, 0) is 0 Å². The van der Waals surface area contributed by atoms with E-state index in [-0.39, 0.29) is 0 Å². The van der Waals surface area contributed by atoms with E-state index < -0.39 is 16.2 Å². The van der Waals surface area contributed by atoms with Crippen LogP contribution in [-0.4, -0.2) is 16.2 Å². The molecule has 0 aromatic heterocycles. The Bertz CT molecular complexity index is 98.8. The van der Waals surface area contributed by atoms with Crippen molar-refractivity contribution in [3.8, 4) is 0 Å². The number of hydrogen-bond donors (Lipinski definition) is 0. The van der Waals surface area contributed by atoms with E-state index in [0.717, 1.165) is 0 Å². The fraction of sp³-hybridized carbons (Fsp3) is 1.00. The van der Waals surface area contributed by atoms with Crippen molar-refractivity contribution < 1.29 is 0 Å². The Labute approximate surface area is 110 Å². The minimum absolute atomic E-state index is 0.810. The Kier molecular flexibility index (Phi) is 14.2. The predicted molar refractivity (Wildman–Crippen MR) is 78.8 cm³/mol. The average Bonchev–Trinajstić information content (AvgIpc) is 2.29. The summed E-state index contributed by atoms with van der Waals surface area (Å²) in [5.74, 6) is 0. The third-order valence-corrected chi connectivity index (χ3v) is 11.4. The molecule has 0 saturated carbocycles. The number of hydrogen-bond acceptors (Lipinski definition) is 0. The van der Waals surface area contributed by atoms with Crippen LogP contribution in [0.1, 0.15) is 78.6 Å². The molecule has 0 aromatic carbocycles. The van der Waals surface area contributed by atoms with Gasteiger partial charge in [-0.2, -0.15) is 0 Å². The topological polar surface area (TPSA) is 0 Å². The Hall–Kier alpha value is 0.636. The minimum atomic E-state index is -0.810. The summed E-state index contributed by atoms with van der Waals surface area (Å²) in [5, 5.41) is 0. The Morgan fingerprint density at radius 1 is 0.500 bits per heavy atom. The molecule has 0 heterocycles. The molecule has 1 heteroatoms. The molecule has 0 nitrogen and oxygen atoms in total. The van der Waals surface area contributed by atoms with E-state index in [0.29, 0.717) is 0 Å². The van der Waals surface area contributed by atoms with Gasteiger partial charge in [0.1, 0.15) is 0 Å². The number of unbranched alkanes of at least 4 members (excludes halogenated alkanes) is 6. The van der Waals surface area contributed by atoms with Crippen LogP contribution in [0.3, 0.4) is 0 Å². The van der Waals surface area contributed by atoms with Crippen LogP contribution in [0, 0.1) is 0 Å². The van der Waals surface area contributed by atoms with Crippen molar-refractivity contribution in [3.63, 3.8) is 0 Å². The molecule has 0 spiro atoms. The zero-order chi connectivity index (χ0) is 12.1. The number of rotatable bonds is 12. The second-order valence-electron chi connectivity index (χ2n) is 5.35. The van der Waals surface area contributed by atoms with Crippen LogP contribution in [0.4, 0.5) is 0 Å². The van der Waals surface area contributed by atoms with Gasteiger partial charge in [0, 0.05) is 0 Å². The fourth-order valence-electron chi connectivity index (χ4n) is 2.48. The van der Waals surface area contributed by atoms with Crippen molar-refractivity contribution in [1.29, 1.82) is 0 Å². The molecule has 0 fully saturated rings. The molecule has 16 heavy (non-hydrogen) atoms. The first-order valence-corrected chi connectivity index (χ1v) is 13.0. The van der Waals surface area contributed by atoms with E-state index in [1.54, 1.807) is 34.2 Å². The molecular formula is C15H33Ga. The third kappa shape index (κ3) is 11.1. The standard InChI is InChI=1S/3C5H11.Ga/c3*1-3-5-4-2;/h3*1,3-5H2,2H3;. The molecular weight excluding hydrogens is 250 g/mol. The molecule has 0 unspecified atom stereocenters. The summed E-state index contributed by atoms with van der Waals surface area (Å²) in [6.45, 7) is 6.99. The molecule has 0 aromatic rings. The van der Waals surface area contributed by atoms with Gasteiger partial charge in [-0.05, 0) is 0 Å². The molecule has 0 aliphatic heterocycles. The summed E-state index contributed by atoms with van der Waals surface area (Å²) in [5.41, 5.74) is 0. The van der Waals surface area contributed by atoms with E-state index in [9.17, 15) is 0 Å². The first kappa shape index (κ1) is 16.6. The van der Waals surface area contributed by atoms with Crippen molar-refractivity contribution in [3.05, 3.63) is 0 Å². The van der Waals surface area contributed by atoms with Gasteiger partial charge in [0.05, 0.1) is 0 Å². The van der Waals surface area contributed by atoms with Crippen LogP contribution in [0.25, 0.3) is 0 Å². The van der Waals surface area contributed by atoms with Crippen LogP contribution in [0.15, 0.2) is 0 Å². The Morgan fingerprint density at radius 2 is 0.812 bits per heavy atom. The maximum atomic E-state index is 2.33. The molecule has 0 rings (SSSR count). The molecule has 0 radical (unpaired) electrons. The molecule has 0 saturated heterocycles. The van der Waals surface area contributed by atoms with Crippen molar-refractivity contribution in [2.45, 2.75) is 93.5 Å². The summed E-state index contributed by atoms with van der Waals surface area (Å²) in [4.78, 5) is 5.07. The summed E-state index contributed by atoms with van der Waals surface area (Å²) in [7, 11) is 0. The van der Waals surface area contributed by atoms with E-state index >= 15 is 0 Å². The van der Waals surface area contributed by atoms with Gasteiger partial charge in [-0.1, -0.05) is 0 Å². The quantitative estimate of drug-likeness (QED) is 0.302. The molecule has 96 valence electrons. The summed E-state index contributed by atoms with van der Waals surface area (Å²) in [6.07, 6.45) is 13.3.